The molecule has 1 aromatic carbocycles. The third-order valence-electron chi connectivity index (χ3n) is 5.84. The average Bonchev–Trinajstić information content (AvgIpc) is 2.67. The number of aliphatic hydroxyl groups excluding tert-OH is 1. The predicted molar refractivity (Wildman–Crippen MR) is 100 cm³/mol. The van der Waals surface area contributed by atoms with Crippen LogP contribution in [0, 0.1) is 0 Å². The van der Waals surface area contributed by atoms with E-state index >= 15 is 0 Å². The number of hydrogen-bond acceptors (Lipinski definition) is 4. The van der Waals surface area contributed by atoms with Gasteiger partial charge in [0.15, 0.2) is 0 Å². The Hall–Kier alpha value is -2.73. The van der Waals surface area contributed by atoms with Crippen molar-refractivity contribution in [1.29, 1.82) is 0 Å². The lowest BCUT2D eigenvalue weighted by atomic mass is 9.60. The summed E-state index contributed by atoms with van der Waals surface area (Å²) in [5.74, 6) is 0.00381. The maximum Gasteiger partial charge on any atom is 0.254 e. The minimum atomic E-state index is -0.426. The van der Waals surface area contributed by atoms with Crippen LogP contribution >= 0.6 is 0 Å². The van der Waals surface area contributed by atoms with Crippen molar-refractivity contribution in [3.63, 3.8) is 0 Å². The molecule has 140 valence electrons. The molecule has 0 radical (unpaired) electrons. The van der Waals surface area contributed by atoms with Gasteiger partial charge in [-0.25, -0.2) is 0 Å². The van der Waals surface area contributed by atoms with Gasteiger partial charge in [-0.3, -0.25) is 14.6 Å². The number of carbonyl (C=O) groups excluding carboxylic acids is 2. The van der Waals surface area contributed by atoms with E-state index in [0.29, 0.717) is 25.1 Å². The molecule has 2 aliphatic heterocycles. The number of carbonyl (C=O) groups is 2. The number of likely N-dealkylation sites (tertiary alicyclic amines) is 2. The van der Waals surface area contributed by atoms with Crippen LogP contribution in [0.25, 0.3) is 0 Å². The van der Waals surface area contributed by atoms with Gasteiger partial charge in [0.25, 0.3) is 5.91 Å². The van der Waals surface area contributed by atoms with Gasteiger partial charge in [-0.2, -0.15) is 0 Å². The number of nitrogens with zero attached hydrogens (tertiary/aromatic N) is 3. The highest BCUT2D eigenvalue weighted by atomic mass is 16.3. The molecule has 1 N–H and O–H groups in total. The molecule has 1 spiro atoms. The molecule has 2 atom stereocenters. The number of pyridine rings is 1. The zero-order valence-corrected chi connectivity index (χ0v) is 15.3. The number of hydrogen-bond donors (Lipinski definition) is 1. The minimum absolute atomic E-state index is 0.0252. The second-order valence-electron chi connectivity index (χ2n) is 7.26. The van der Waals surface area contributed by atoms with Crippen molar-refractivity contribution < 1.29 is 14.7 Å². The molecular formula is C21H23N3O3. The second-order valence-corrected chi connectivity index (χ2v) is 7.26. The largest absolute Gasteiger partial charge is 0.394 e. The number of aliphatic hydroxyl groups is 1. The highest BCUT2D eigenvalue weighted by molar-refractivity contribution is 5.95. The van der Waals surface area contributed by atoms with E-state index in [1.807, 2.05) is 42.2 Å². The number of aromatic nitrogens is 1. The molecule has 0 unspecified atom stereocenters. The molecule has 0 bridgehead atoms. The Balaban J connectivity index is 1.62. The Labute approximate surface area is 158 Å². The number of benzene rings is 1. The van der Waals surface area contributed by atoms with Crippen molar-refractivity contribution in [1.82, 2.24) is 14.8 Å². The van der Waals surface area contributed by atoms with Crippen molar-refractivity contribution in [2.75, 3.05) is 19.7 Å². The zero-order chi connectivity index (χ0) is 19.0. The monoisotopic (exact) mass is 365 g/mol. The summed E-state index contributed by atoms with van der Waals surface area (Å²) in [4.78, 5) is 32.9. The van der Waals surface area contributed by atoms with Crippen molar-refractivity contribution in [2.45, 2.75) is 30.8 Å². The third-order valence-corrected chi connectivity index (χ3v) is 5.84. The van der Waals surface area contributed by atoms with Crippen LogP contribution in [0.5, 0.6) is 0 Å². The summed E-state index contributed by atoms with van der Waals surface area (Å²) in [6.07, 6.45) is 3.60. The summed E-state index contributed by atoms with van der Waals surface area (Å²) in [5, 5.41) is 9.96. The molecule has 2 amide bonds. The van der Waals surface area contributed by atoms with Gasteiger partial charge < -0.3 is 14.9 Å². The second kappa shape index (κ2) is 6.78. The van der Waals surface area contributed by atoms with E-state index in [0.717, 1.165) is 5.56 Å². The van der Waals surface area contributed by atoms with Crippen LogP contribution in [0.4, 0.5) is 0 Å². The summed E-state index contributed by atoms with van der Waals surface area (Å²) in [7, 11) is 0. The Bertz CT molecular complexity index is 834. The fourth-order valence-electron chi connectivity index (χ4n) is 4.67. The average molecular weight is 365 g/mol. The first-order valence-corrected chi connectivity index (χ1v) is 9.29. The Morgan fingerprint density at radius 2 is 1.81 bits per heavy atom. The van der Waals surface area contributed by atoms with E-state index in [9.17, 15) is 14.7 Å². The van der Waals surface area contributed by atoms with E-state index in [1.165, 1.54) is 0 Å². The summed E-state index contributed by atoms with van der Waals surface area (Å²) >= 11 is 0. The molecule has 1 aromatic heterocycles. The number of rotatable bonds is 4. The van der Waals surface area contributed by atoms with Crippen molar-refractivity contribution in [3.05, 3.63) is 66.0 Å². The van der Waals surface area contributed by atoms with E-state index < -0.39 is 5.54 Å². The first-order chi connectivity index (χ1) is 13.1. The van der Waals surface area contributed by atoms with E-state index in [4.69, 9.17) is 0 Å². The minimum Gasteiger partial charge on any atom is -0.394 e. The Kier molecular flexibility index (Phi) is 4.44. The predicted octanol–water partition coefficient (Wildman–Crippen LogP) is 1.67. The summed E-state index contributed by atoms with van der Waals surface area (Å²) in [5.41, 5.74) is 1.28. The van der Waals surface area contributed by atoms with Crippen molar-refractivity contribution in [3.8, 4) is 0 Å². The van der Waals surface area contributed by atoms with Crippen LogP contribution in [0.2, 0.25) is 0 Å². The van der Waals surface area contributed by atoms with Crippen LogP contribution in [0.3, 0.4) is 0 Å². The molecule has 2 aliphatic rings. The van der Waals surface area contributed by atoms with Crippen LogP contribution < -0.4 is 0 Å². The molecule has 3 heterocycles. The van der Waals surface area contributed by atoms with Crippen LogP contribution in [0.15, 0.2) is 54.9 Å². The molecule has 4 rings (SSSR count). The van der Waals surface area contributed by atoms with Crippen LogP contribution in [-0.2, 0) is 4.79 Å². The zero-order valence-electron chi connectivity index (χ0n) is 15.3. The van der Waals surface area contributed by atoms with E-state index in [1.54, 1.807) is 29.4 Å². The molecular weight excluding hydrogens is 342 g/mol. The van der Waals surface area contributed by atoms with Crippen molar-refractivity contribution in [2.24, 2.45) is 0 Å². The molecule has 0 aliphatic carbocycles. The smallest absolute Gasteiger partial charge is 0.254 e. The molecule has 2 saturated heterocycles. The van der Waals surface area contributed by atoms with Crippen LogP contribution in [-0.4, -0.2) is 63.0 Å². The lowest BCUT2D eigenvalue weighted by Gasteiger charge is -2.70. The van der Waals surface area contributed by atoms with Gasteiger partial charge in [0.05, 0.1) is 18.2 Å². The van der Waals surface area contributed by atoms with Gasteiger partial charge in [-0.1, -0.05) is 37.3 Å². The first-order valence-electron chi connectivity index (χ1n) is 9.29. The highest BCUT2D eigenvalue weighted by Gasteiger charge is 2.67. The molecule has 6 heteroatoms. The lowest BCUT2D eigenvalue weighted by Crippen LogP contribution is -2.85. The fraction of sp³-hybridized carbons (Fsp3) is 0.381. The first kappa shape index (κ1) is 17.7. The van der Waals surface area contributed by atoms with Gasteiger partial charge in [0.1, 0.15) is 0 Å². The molecule has 2 fully saturated rings. The van der Waals surface area contributed by atoms with Gasteiger partial charge in [0.2, 0.25) is 5.91 Å². The van der Waals surface area contributed by atoms with Crippen LogP contribution in [0.1, 0.15) is 35.2 Å². The molecule has 27 heavy (non-hydrogen) atoms. The molecule has 2 aromatic rings. The normalized spacial score (nSPS) is 22.9. The van der Waals surface area contributed by atoms with Gasteiger partial charge in [-0.15, -0.1) is 0 Å². The standard InChI is InChI=1S/C21H23N3O3/c1-2-18(26)24-17(12-25)19(15-6-4-3-5-7-15)21(24)13-23(14-21)20(27)16-8-10-22-11-9-16/h3-11,17,19,25H,2,12-14H2,1H3/t17-,19+/m0/s1. The summed E-state index contributed by atoms with van der Waals surface area (Å²) in [6.45, 7) is 2.72. The topological polar surface area (TPSA) is 73.7 Å². The summed E-state index contributed by atoms with van der Waals surface area (Å²) in [6, 6.07) is 13.1. The van der Waals surface area contributed by atoms with Gasteiger partial charge in [0, 0.05) is 43.4 Å². The molecule has 0 saturated carbocycles. The van der Waals surface area contributed by atoms with E-state index in [-0.39, 0.29) is 30.4 Å². The molecule has 6 nitrogen and oxygen atoms in total. The third kappa shape index (κ3) is 2.63. The quantitative estimate of drug-likeness (QED) is 0.895. The SMILES string of the molecule is CCC(=O)N1[C@@H](CO)[C@@H](c2ccccc2)C12CN(C(=O)c1ccncc1)C2. The highest BCUT2D eigenvalue weighted by Crippen LogP contribution is 2.54. The maximum absolute atomic E-state index is 12.7. The Morgan fingerprint density at radius 1 is 1.15 bits per heavy atom. The Morgan fingerprint density at radius 3 is 2.41 bits per heavy atom. The van der Waals surface area contributed by atoms with Gasteiger partial charge >= 0.3 is 0 Å². The lowest BCUT2D eigenvalue weighted by molar-refractivity contribution is -0.193. The van der Waals surface area contributed by atoms with Gasteiger partial charge in [-0.05, 0) is 17.7 Å². The summed E-state index contributed by atoms with van der Waals surface area (Å²) < 4.78 is 0. The maximum atomic E-state index is 12.7. The van der Waals surface area contributed by atoms with Crippen molar-refractivity contribution >= 4 is 11.8 Å². The van der Waals surface area contributed by atoms with E-state index in [2.05, 4.69) is 4.98 Å². The fourth-order valence-corrected chi connectivity index (χ4v) is 4.67. The number of amides is 2.